The first-order valence-corrected chi connectivity index (χ1v) is 7.20. The number of carbonyl (C=O) groups excluding carboxylic acids is 1. The monoisotopic (exact) mass is 316 g/mol. The van der Waals surface area contributed by atoms with E-state index >= 15 is 0 Å². The molecule has 1 aromatic rings. The Morgan fingerprint density at radius 2 is 2.05 bits per heavy atom. The fourth-order valence-electron chi connectivity index (χ4n) is 2.74. The molecule has 1 saturated heterocycles. The number of carbonyl (C=O) groups is 1. The maximum Gasteiger partial charge on any atom is 0.242 e. The van der Waals surface area contributed by atoms with Crippen LogP contribution in [0.4, 0.5) is 0 Å². The highest BCUT2D eigenvalue weighted by atomic mass is 35.5. The van der Waals surface area contributed by atoms with Crippen LogP contribution in [0.3, 0.4) is 0 Å². The van der Waals surface area contributed by atoms with Crippen molar-refractivity contribution in [3.63, 3.8) is 0 Å². The molecule has 112 valence electrons. The van der Waals surface area contributed by atoms with E-state index < -0.39 is 0 Å². The van der Waals surface area contributed by atoms with Gasteiger partial charge in [0.15, 0.2) is 0 Å². The van der Waals surface area contributed by atoms with Crippen LogP contribution in [-0.4, -0.2) is 29.9 Å². The third kappa shape index (κ3) is 3.66. The zero-order chi connectivity index (χ0) is 13.9. The fraction of sp³-hybridized carbons (Fsp3) is 0.533. The summed E-state index contributed by atoms with van der Waals surface area (Å²) in [6, 6.07) is 7.65. The van der Waals surface area contributed by atoms with Gasteiger partial charge in [0.1, 0.15) is 0 Å². The van der Waals surface area contributed by atoms with Gasteiger partial charge in [0, 0.05) is 18.6 Å². The average molecular weight is 317 g/mol. The molecule has 2 rings (SSSR count). The molecule has 3 nitrogen and oxygen atoms in total. The van der Waals surface area contributed by atoms with Crippen molar-refractivity contribution in [2.75, 3.05) is 13.6 Å². The zero-order valence-corrected chi connectivity index (χ0v) is 13.6. The van der Waals surface area contributed by atoms with Gasteiger partial charge in [-0.25, -0.2) is 0 Å². The molecule has 5 heteroatoms. The van der Waals surface area contributed by atoms with Crippen LogP contribution in [-0.2, 0) is 11.3 Å². The van der Waals surface area contributed by atoms with Crippen LogP contribution in [0.1, 0.15) is 31.7 Å². The molecular weight excluding hydrogens is 295 g/mol. The van der Waals surface area contributed by atoms with Crippen LogP contribution < -0.4 is 5.32 Å². The number of nitrogens with zero attached hydrogens (tertiary/aromatic N) is 1. The minimum atomic E-state index is -0.346. The second-order valence-electron chi connectivity index (χ2n) is 5.25. The van der Waals surface area contributed by atoms with E-state index in [1.807, 2.05) is 36.2 Å². The van der Waals surface area contributed by atoms with Crippen LogP contribution in [0.25, 0.3) is 0 Å². The fourth-order valence-corrected chi connectivity index (χ4v) is 2.87. The Morgan fingerprint density at radius 1 is 1.40 bits per heavy atom. The molecule has 1 aromatic carbocycles. The van der Waals surface area contributed by atoms with E-state index in [9.17, 15) is 4.79 Å². The van der Waals surface area contributed by atoms with Gasteiger partial charge in [0.2, 0.25) is 5.91 Å². The Balaban J connectivity index is 0.00000200. The first-order valence-electron chi connectivity index (χ1n) is 6.82. The summed E-state index contributed by atoms with van der Waals surface area (Å²) in [4.78, 5) is 14.4. The molecule has 0 bridgehead atoms. The summed E-state index contributed by atoms with van der Waals surface area (Å²) < 4.78 is 0. The Labute approximate surface area is 132 Å². The van der Waals surface area contributed by atoms with Gasteiger partial charge in [0.25, 0.3) is 0 Å². The quantitative estimate of drug-likeness (QED) is 0.924. The molecular formula is C15H22Cl2N2O. The highest BCUT2D eigenvalue weighted by Crippen LogP contribution is 2.25. The SMILES string of the molecule is CCC1(C(=O)N(C)Cc2ccc(Cl)cc2)CCCN1.Cl. The molecule has 1 unspecified atom stereocenters. The summed E-state index contributed by atoms with van der Waals surface area (Å²) in [6.45, 7) is 3.64. The lowest BCUT2D eigenvalue weighted by atomic mass is 9.92. The molecule has 0 spiro atoms. The summed E-state index contributed by atoms with van der Waals surface area (Å²) >= 11 is 5.87. The largest absolute Gasteiger partial charge is 0.340 e. The summed E-state index contributed by atoms with van der Waals surface area (Å²) in [5.41, 5.74) is 0.755. The Morgan fingerprint density at radius 3 is 2.55 bits per heavy atom. The minimum absolute atomic E-state index is 0. The molecule has 0 saturated carbocycles. The first kappa shape index (κ1) is 17.3. The van der Waals surface area contributed by atoms with Crippen LogP contribution in [0.5, 0.6) is 0 Å². The number of likely N-dealkylation sites (N-methyl/N-ethyl adjacent to an activating group) is 1. The molecule has 1 fully saturated rings. The van der Waals surface area contributed by atoms with Crippen molar-refractivity contribution >= 4 is 29.9 Å². The van der Waals surface area contributed by atoms with E-state index in [1.165, 1.54) is 0 Å². The van der Waals surface area contributed by atoms with E-state index in [-0.39, 0.29) is 23.9 Å². The topological polar surface area (TPSA) is 32.3 Å². The average Bonchev–Trinajstić information content (AvgIpc) is 2.90. The molecule has 1 atom stereocenters. The van der Waals surface area contributed by atoms with Gasteiger partial charge in [-0.2, -0.15) is 0 Å². The molecule has 1 amide bonds. The number of nitrogens with one attached hydrogen (secondary N) is 1. The summed E-state index contributed by atoms with van der Waals surface area (Å²) in [6.07, 6.45) is 2.86. The highest BCUT2D eigenvalue weighted by molar-refractivity contribution is 6.30. The van der Waals surface area contributed by atoms with Gasteiger partial charge < -0.3 is 10.2 Å². The normalized spacial score (nSPS) is 21.4. The summed E-state index contributed by atoms with van der Waals surface area (Å²) in [5.74, 6) is 0.197. The zero-order valence-electron chi connectivity index (χ0n) is 12.0. The predicted molar refractivity (Wildman–Crippen MR) is 85.4 cm³/mol. The lowest BCUT2D eigenvalue weighted by molar-refractivity contribution is -0.137. The summed E-state index contributed by atoms with van der Waals surface area (Å²) in [7, 11) is 1.87. The predicted octanol–water partition coefficient (Wildman–Crippen LogP) is 3.25. The Hall–Kier alpha value is -0.770. The summed E-state index contributed by atoms with van der Waals surface area (Å²) in [5, 5.41) is 4.11. The van der Waals surface area contributed by atoms with Crippen molar-refractivity contribution in [2.45, 2.75) is 38.3 Å². The number of hydrogen-bond acceptors (Lipinski definition) is 2. The lowest BCUT2D eigenvalue weighted by Gasteiger charge is -2.31. The maximum absolute atomic E-state index is 12.6. The minimum Gasteiger partial charge on any atom is -0.340 e. The number of hydrogen-bond donors (Lipinski definition) is 1. The van der Waals surface area contributed by atoms with Gasteiger partial charge >= 0.3 is 0 Å². The van der Waals surface area contributed by atoms with E-state index in [4.69, 9.17) is 11.6 Å². The second kappa shape index (κ2) is 7.30. The van der Waals surface area contributed by atoms with Crippen molar-refractivity contribution < 1.29 is 4.79 Å². The standard InChI is InChI=1S/C15H21ClN2O.ClH/c1-3-15(9-4-10-17-15)14(19)18(2)11-12-5-7-13(16)8-6-12;/h5-8,17H,3-4,9-11H2,1-2H3;1H. The number of benzene rings is 1. The van der Waals surface area contributed by atoms with Gasteiger partial charge in [0.05, 0.1) is 5.54 Å². The van der Waals surface area contributed by atoms with Crippen molar-refractivity contribution in [1.29, 1.82) is 0 Å². The Kier molecular flexibility index (Phi) is 6.31. The van der Waals surface area contributed by atoms with Crippen LogP contribution in [0, 0.1) is 0 Å². The van der Waals surface area contributed by atoms with Crippen LogP contribution in [0.15, 0.2) is 24.3 Å². The molecule has 0 aliphatic carbocycles. The van der Waals surface area contributed by atoms with E-state index in [2.05, 4.69) is 12.2 Å². The van der Waals surface area contributed by atoms with Gasteiger partial charge in [-0.3, -0.25) is 4.79 Å². The number of halogens is 2. The number of amides is 1. The smallest absolute Gasteiger partial charge is 0.242 e. The van der Waals surface area contributed by atoms with Crippen molar-refractivity contribution in [3.8, 4) is 0 Å². The van der Waals surface area contributed by atoms with Crippen molar-refractivity contribution in [2.24, 2.45) is 0 Å². The Bertz CT molecular complexity index is 442. The molecule has 1 aliphatic rings. The molecule has 1 aliphatic heterocycles. The molecule has 1 N–H and O–H groups in total. The maximum atomic E-state index is 12.6. The lowest BCUT2D eigenvalue weighted by Crippen LogP contribution is -2.53. The van der Waals surface area contributed by atoms with Gasteiger partial charge in [-0.1, -0.05) is 30.7 Å². The van der Waals surface area contributed by atoms with Gasteiger partial charge in [-0.15, -0.1) is 12.4 Å². The van der Waals surface area contributed by atoms with E-state index in [1.54, 1.807) is 0 Å². The third-order valence-corrected chi connectivity index (χ3v) is 4.19. The van der Waals surface area contributed by atoms with Crippen molar-refractivity contribution in [1.82, 2.24) is 10.2 Å². The third-order valence-electron chi connectivity index (χ3n) is 3.94. The molecule has 0 aromatic heterocycles. The second-order valence-corrected chi connectivity index (χ2v) is 5.69. The number of rotatable bonds is 4. The molecule has 20 heavy (non-hydrogen) atoms. The van der Waals surface area contributed by atoms with E-state index in [0.717, 1.165) is 36.4 Å². The molecule has 0 radical (unpaired) electrons. The van der Waals surface area contributed by atoms with Crippen molar-refractivity contribution in [3.05, 3.63) is 34.9 Å². The van der Waals surface area contributed by atoms with Crippen LogP contribution in [0.2, 0.25) is 5.02 Å². The van der Waals surface area contributed by atoms with Crippen LogP contribution >= 0.6 is 24.0 Å². The highest BCUT2D eigenvalue weighted by Gasteiger charge is 2.40. The molecule has 1 heterocycles. The van der Waals surface area contributed by atoms with Gasteiger partial charge in [-0.05, 0) is 43.5 Å². The first-order chi connectivity index (χ1) is 9.07. The van der Waals surface area contributed by atoms with E-state index in [0.29, 0.717) is 6.54 Å².